The molecule has 4 aromatic rings. The molecule has 0 saturated carbocycles. The molecule has 0 atom stereocenters. The van der Waals surface area contributed by atoms with Crippen molar-refractivity contribution in [2.75, 3.05) is 7.11 Å². The number of ether oxygens (including phenoxy) is 2. The third-order valence-electron chi connectivity index (χ3n) is 5.55. The number of H-pyrrole nitrogens is 1. The van der Waals surface area contributed by atoms with E-state index in [1.807, 2.05) is 0 Å². The van der Waals surface area contributed by atoms with Gasteiger partial charge in [-0.15, -0.1) is 0 Å². The Labute approximate surface area is 233 Å². The summed E-state index contributed by atoms with van der Waals surface area (Å²) in [4.78, 5) is 43.2. The van der Waals surface area contributed by atoms with Crippen molar-refractivity contribution in [3.05, 3.63) is 108 Å². The molecular weight excluding hydrogens is 569 g/mol. The van der Waals surface area contributed by atoms with E-state index in [0.29, 0.717) is 11.3 Å². The molecule has 0 unspecified atom stereocenters. The van der Waals surface area contributed by atoms with E-state index in [4.69, 9.17) is 32.1 Å². The Morgan fingerprint density at radius 3 is 2.46 bits per heavy atom. The number of nitrogens with two attached hydrogens (primary N) is 1. The van der Waals surface area contributed by atoms with Crippen LogP contribution in [0.1, 0.15) is 38.7 Å². The first-order valence-electron chi connectivity index (χ1n) is 11.5. The molecule has 210 valence electrons. The zero-order valence-corrected chi connectivity index (χ0v) is 21.7. The van der Waals surface area contributed by atoms with Crippen LogP contribution in [0.3, 0.4) is 0 Å². The summed E-state index contributed by atoms with van der Waals surface area (Å²) in [5.74, 6) is -2.48. The highest BCUT2D eigenvalue weighted by atomic mass is 35.5. The molecule has 2 aromatic carbocycles. The van der Waals surface area contributed by atoms with Gasteiger partial charge in [-0.05, 0) is 42.0 Å². The molecule has 0 aliphatic carbocycles. The zero-order chi connectivity index (χ0) is 29.9. The molecule has 4 rings (SSSR count). The van der Waals surface area contributed by atoms with Crippen molar-refractivity contribution < 1.29 is 27.4 Å². The Morgan fingerprint density at radius 1 is 1.15 bits per heavy atom. The highest BCUT2D eigenvalue weighted by Crippen LogP contribution is 2.35. The number of benzene rings is 2. The van der Waals surface area contributed by atoms with E-state index >= 15 is 0 Å². The number of nitriles is 1. The van der Waals surface area contributed by atoms with Crippen molar-refractivity contribution in [1.29, 1.82) is 5.26 Å². The number of hydrogen-bond donors (Lipinski definition) is 2. The number of primary amides is 1. The van der Waals surface area contributed by atoms with E-state index in [-0.39, 0.29) is 28.6 Å². The van der Waals surface area contributed by atoms with E-state index in [0.717, 1.165) is 22.9 Å². The molecule has 2 aromatic heterocycles. The predicted molar refractivity (Wildman–Crippen MR) is 138 cm³/mol. The standard InChI is InChI=1S/C26H18ClF3N6O5/c1-40-17-4-2-13(3-5-17)12-36-25(39)19(23(32)37)9-16(35-36)10-20-33-22(26(28,29)30)21(24(38)34-20)41-18-7-14(11-31)6-15(27)8-18/h2-9H,10,12H2,1H3,(H2,32,37)(H,33,34,38). The normalized spacial score (nSPS) is 11.1. The molecule has 2 heterocycles. The Kier molecular flexibility index (Phi) is 8.11. The SMILES string of the molecule is COc1ccc(Cn2nc(Cc3nc(C(F)(F)F)c(Oc4cc(Cl)cc(C#N)c4)c(=O)[nH]3)cc(C(N)=O)c2=O)cc1. The summed E-state index contributed by atoms with van der Waals surface area (Å²) in [6.45, 7) is -0.105. The average Bonchev–Trinajstić information content (AvgIpc) is 2.91. The van der Waals surface area contributed by atoms with Crippen molar-refractivity contribution in [3.8, 4) is 23.3 Å². The number of methoxy groups -OCH3 is 1. The second-order valence-corrected chi connectivity index (χ2v) is 8.92. The highest BCUT2D eigenvalue weighted by molar-refractivity contribution is 6.30. The molecule has 0 spiro atoms. The van der Waals surface area contributed by atoms with E-state index in [1.54, 1.807) is 30.3 Å². The fourth-order valence-electron chi connectivity index (χ4n) is 3.73. The topological polar surface area (TPSA) is 166 Å². The van der Waals surface area contributed by atoms with Crippen LogP contribution in [0.5, 0.6) is 17.2 Å². The minimum Gasteiger partial charge on any atom is -0.497 e. The second-order valence-electron chi connectivity index (χ2n) is 8.48. The van der Waals surface area contributed by atoms with Crippen molar-refractivity contribution >= 4 is 17.5 Å². The summed E-state index contributed by atoms with van der Waals surface area (Å²) in [5.41, 5.74) is 1.62. The van der Waals surface area contributed by atoms with Gasteiger partial charge in [0.25, 0.3) is 17.0 Å². The Hall–Kier alpha value is -5.16. The fraction of sp³-hybridized carbons (Fsp3) is 0.154. The highest BCUT2D eigenvalue weighted by Gasteiger charge is 2.39. The van der Waals surface area contributed by atoms with Gasteiger partial charge >= 0.3 is 6.18 Å². The number of rotatable bonds is 8. The smallest absolute Gasteiger partial charge is 0.437 e. The molecule has 0 fully saturated rings. The van der Waals surface area contributed by atoms with Gasteiger partial charge in [-0.1, -0.05) is 23.7 Å². The van der Waals surface area contributed by atoms with Crippen molar-refractivity contribution in [2.45, 2.75) is 19.1 Å². The number of halogens is 4. The maximum Gasteiger partial charge on any atom is 0.437 e. The van der Waals surface area contributed by atoms with Gasteiger partial charge in [0, 0.05) is 11.4 Å². The molecular formula is C26H18ClF3N6O5. The number of nitrogens with one attached hydrogen (secondary N) is 1. The van der Waals surface area contributed by atoms with Gasteiger partial charge in [-0.2, -0.15) is 23.5 Å². The maximum absolute atomic E-state index is 14.0. The lowest BCUT2D eigenvalue weighted by Gasteiger charge is -2.14. The molecule has 0 bridgehead atoms. The fourth-order valence-corrected chi connectivity index (χ4v) is 3.95. The van der Waals surface area contributed by atoms with Crippen molar-refractivity contribution in [1.82, 2.24) is 19.7 Å². The van der Waals surface area contributed by atoms with Gasteiger partial charge < -0.3 is 20.2 Å². The maximum atomic E-state index is 14.0. The van der Waals surface area contributed by atoms with Crippen LogP contribution in [-0.2, 0) is 19.1 Å². The van der Waals surface area contributed by atoms with Crippen LogP contribution >= 0.6 is 11.6 Å². The van der Waals surface area contributed by atoms with Crippen LogP contribution in [0, 0.1) is 11.3 Å². The van der Waals surface area contributed by atoms with E-state index in [2.05, 4.69) is 15.1 Å². The lowest BCUT2D eigenvalue weighted by atomic mass is 10.2. The summed E-state index contributed by atoms with van der Waals surface area (Å²) in [5, 5.41) is 13.2. The van der Waals surface area contributed by atoms with Gasteiger partial charge in [0.2, 0.25) is 5.75 Å². The number of aromatic amines is 1. The Morgan fingerprint density at radius 2 is 1.85 bits per heavy atom. The number of hydrogen-bond acceptors (Lipinski definition) is 8. The molecule has 1 amide bonds. The minimum atomic E-state index is -5.13. The summed E-state index contributed by atoms with van der Waals surface area (Å²) in [6.07, 6.45) is -5.65. The lowest BCUT2D eigenvalue weighted by Crippen LogP contribution is -2.32. The average molecular weight is 587 g/mol. The van der Waals surface area contributed by atoms with Gasteiger partial charge in [0.1, 0.15) is 22.9 Å². The van der Waals surface area contributed by atoms with Crippen LogP contribution in [0.15, 0.2) is 58.1 Å². The summed E-state index contributed by atoms with van der Waals surface area (Å²) < 4.78 is 53.0. The quantitative estimate of drug-likeness (QED) is 0.317. The van der Waals surface area contributed by atoms with Gasteiger partial charge in [-0.25, -0.2) is 9.67 Å². The summed E-state index contributed by atoms with van der Waals surface area (Å²) in [6, 6.07) is 12.8. The van der Waals surface area contributed by atoms with Crippen LogP contribution in [0.25, 0.3) is 0 Å². The number of amides is 1. The molecule has 3 N–H and O–H groups in total. The largest absolute Gasteiger partial charge is 0.497 e. The van der Waals surface area contributed by atoms with Gasteiger partial charge in [-0.3, -0.25) is 14.4 Å². The van der Waals surface area contributed by atoms with E-state index in [1.165, 1.54) is 13.2 Å². The molecule has 15 heteroatoms. The van der Waals surface area contributed by atoms with Crippen molar-refractivity contribution in [2.24, 2.45) is 5.73 Å². The van der Waals surface area contributed by atoms with Crippen LogP contribution in [0.2, 0.25) is 5.02 Å². The number of carbonyl (C=O) groups is 1. The third kappa shape index (κ3) is 6.71. The van der Waals surface area contributed by atoms with Crippen LogP contribution < -0.4 is 26.3 Å². The van der Waals surface area contributed by atoms with Gasteiger partial charge in [0.15, 0.2) is 5.69 Å². The first kappa shape index (κ1) is 28.8. The second kappa shape index (κ2) is 11.5. The summed E-state index contributed by atoms with van der Waals surface area (Å²) >= 11 is 5.88. The summed E-state index contributed by atoms with van der Waals surface area (Å²) in [7, 11) is 1.48. The lowest BCUT2D eigenvalue weighted by molar-refractivity contribution is -0.142. The number of aromatic nitrogens is 4. The van der Waals surface area contributed by atoms with Crippen LogP contribution in [-0.4, -0.2) is 32.8 Å². The zero-order valence-electron chi connectivity index (χ0n) is 21.0. The van der Waals surface area contributed by atoms with E-state index < -0.39 is 52.5 Å². The molecule has 11 nitrogen and oxygen atoms in total. The Bertz CT molecular complexity index is 1800. The number of nitrogens with zero attached hydrogens (tertiary/aromatic N) is 4. The molecule has 0 saturated heterocycles. The molecule has 0 aliphatic heterocycles. The number of carbonyl (C=O) groups excluding carboxylic acids is 1. The minimum absolute atomic E-state index is 0.00490. The predicted octanol–water partition coefficient (Wildman–Crippen LogP) is 3.41. The van der Waals surface area contributed by atoms with Crippen LogP contribution in [0.4, 0.5) is 13.2 Å². The monoisotopic (exact) mass is 586 g/mol. The van der Waals surface area contributed by atoms with E-state index in [9.17, 15) is 27.6 Å². The Balaban J connectivity index is 1.74. The third-order valence-corrected chi connectivity index (χ3v) is 5.76. The molecule has 0 radical (unpaired) electrons. The van der Waals surface area contributed by atoms with Crippen molar-refractivity contribution in [3.63, 3.8) is 0 Å². The first-order chi connectivity index (χ1) is 19.4. The first-order valence-corrected chi connectivity index (χ1v) is 11.9. The molecule has 0 aliphatic rings. The van der Waals surface area contributed by atoms with Gasteiger partial charge in [0.05, 0.1) is 31.0 Å². The number of alkyl halides is 3. The molecule has 41 heavy (non-hydrogen) atoms.